The maximum absolute atomic E-state index is 12.5. The highest BCUT2D eigenvalue weighted by atomic mass is 16.4. The van der Waals surface area contributed by atoms with E-state index in [1.165, 1.54) is 38.5 Å². The van der Waals surface area contributed by atoms with E-state index < -0.39 is 17.4 Å². The van der Waals surface area contributed by atoms with Crippen LogP contribution in [-0.4, -0.2) is 22.2 Å². The SMILES string of the molecule is CC(C)CC(CCCCCCCCCCCCC(=O)O)C(CC(C)C)(C(=O)O)C(C)C. The maximum atomic E-state index is 12.5. The number of carboxylic acids is 2. The van der Waals surface area contributed by atoms with Gasteiger partial charge in [-0.25, -0.2) is 0 Å². The van der Waals surface area contributed by atoms with Gasteiger partial charge in [-0.05, 0) is 49.4 Å². The van der Waals surface area contributed by atoms with Crippen LogP contribution in [-0.2, 0) is 9.59 Å². The van der Waals surface area contributed by atoms with Gasteiger partial charge in [0.15, 0.2) is 0 Å². The zero-order chi connectivity index (χ0) is 23.9. The smallest absolute Gasteiger partial charge is 0.310 e. The third-order valence-electron chi connectivity index (χ3n) is 6.85. The van der Waals surface area contributed by atoms with Gasteiger partial charge in [-0.15, -0.1) is 0 Å². The molecule has 0 aromatic carbocycles. The topological polar surface area (TPSA) is 74.6 Å². The van der Waals surface area contributed by atoms with Gasteiger partial charge in [0.2, 0.25) is 0 Å². The van der Waals surface area contributed by atoms with Crippen LogP contribution < -0.4 is 0 Å². The highest BCUT2D eigenvalue weighted by molar-refractivity contribution is 5.75. The van der Waals surface area contributed by atoms with E-state index in [0.29, 0.717) is 18.3 Å². The minimum Gasteiger partial charge on any atom is -0.481 e. The Hall–Kier alpha value is -1.06. The third-order valence-corrected chi connectivity index (χ3v) is 6.85. The van der Waals surface area contributed by atoms with Gasteiger partial charge in [0, 0.05) is 6.42 Å². The van der Waals surface area contributed by atoms with Crippen LogP contribution in [0.4, 0.5) is 0 Å². The number of carbonyl (C=O) groups is 2. The summed E-state index contributed by atoms with van der Waals surface area (Å²) in [5.74, 6) is 0.0197. The largest absolute Gasteiger partial charge is 0.481 e. The van der Waals surface area contributed by atoms with Gasteiger partial charge in [0.1, 0.15) is 0 Å². The van der Waals surface area contributed by atoms with Crippen LogP contribution in [0.15, 0.2) is 0 Å². The van der Waals surface area contributed by atoms with Gasteiger partial charge in [-0.2, -0.15) is 0 Å². The van der Waals surface area contributed by atoms with Crippen LogP contribution in [0.2, 0.25) is 0 Å². The Kier molecular flexibility index (Phi) is 16.0. The molecule has 0 aromatic rings. The Labute approximate surface area is 192 Å². The maximum Gasteiger partial charge on any atom is 0.310 e. The first-order chi connectivity index (χ1) is 14.5. The first-order valence-electron chi connectivity index (χ1n) is 13.0. The van der Waals surface area contributed by atoms with Crippen LogP contribution in [0.25, 0.3) is 0 Å². The van der Waals surface area contributed by atoms with Crippen LogP contribution in [0, 0.1) is 29.1 Å². The molecule has 0 fully saturated rings. The molecule has 0 aliphatic rings. The molecule has 2 unspecified atom stereocenters. The zero-order valence-corrected chi connectivity index (χ0v) is 21.4. The first-order valence-corrected chi connectivity index (χ1v) is 13.0. The van der Waals surface area contributed by atoms with Crippen molar-refractivity contribution >= 4 is 11.9 Å². The molecule has 0 rings (SSSR count). The molecule has 0 aromatic heterocycles. The van der Waals surface area contributed by atoms with Crippen molar-refractivity contribution < 1.29 is 19.8 Å². The molecule has 0 bridgehead atoms. The Bertz CT molecular complexity index is 484. The summed E-state index contributed by atoms with van der Waals surface area (Å²) in [6.45, 7) is 12.9. The van der Waals surface area contributed by atoms with E-state index >= 15 is 0 Å². The van der Waals surface area contributed by atoms with Crippen molar-refractivity contribution in [2.45, 2.75) is 131 Å². The van der Waals surface area contributed by atoms with Gasteiger partial charge < -0.3 is 10.2 Å². The normalized spacial score (nSPS) is 14.9. The highest BCUT2D eigenvalue weighted by Gasteiger charge is 2.48. The van der Waals surface area contributed by atoms with Crippen molar-refractivity contribution in [1.82, 2.24) is 0 Å². The molecule has 0 aliphatic heterocycles. The van der Waals surface area contributed by atoms with Gasteiger partial charge >= 0.3 is 11.9 Å². The van der Waals surface area contributed by atoms with Gasteiger partial charge in [0.05, 0.1) is 5.41 Å². The second kappa shape index (κ2) is 16.6. The molecule has 31 heavy (non-hydrogen) atoms. The molecule has 0 aliphatic carbocycles. The standard InChI is InChI=1S/C27H52O4/c1-21(2)19-24(27(23(5)6,26(30)31)20-22(3)4)17-15-13-11-9-7-8-10-12-14-16-18-25(28)29/h21-24H,7-20H2,1-6H3,(H,28,29)(H,30,31). The Morgan fingerprint density at radius 3 is 1.48 bits per heavy atom. The van der Waals surface area contributed by atoms with Crippen molar-refractivity contribution in [2.24, 2.45) is 29.1 Å². The molecule has 0 amide bonds. The minimum absolute atomic E-state index is 0.145. The summed E-state index contributed by atoms with van der Waals surface area (Å²) >= 11 is 0. The van der Waals surface area contributed by atoms with E-state index in [2.05, 4.69) is 41.5 Å². The third kappa shape index (κ3) is 12.5. The first kappa shape index (κ1) is 29.9. The van der Waals surface area contributed by atoms with Crippen LogP contribution >= 0.6 is 0 Å². The molecular formula is C27H52O4. The number of unbranched alkanes of at least 4 members (excludes halogenated alkanes) is 9. The monoisotopic (exact) mass is 440 g/mol. The van der Waals surface area contributed by atoms with Crippen molar-refractivity contribution in [3.05, 3.63) is 0 Å². The van der Waals surface area contributed by atoms with Crippen molar-refractivity contribution in [1.29, 1.82) is 0 Å². The second-order valence-electron chi connectivity index (χ2n) is 10.9. The lowest BCUT2D eigenvalue weighted by molar-refractivity contribution is -0.159. The summed E-state index contributed by atoms with van der Waals surface area (Å²) in [7, 11) is 0. The van der Waals surface area contributed by atoms with Crippen LogP contribution in [0.5, 0.6) is 0 Å². The fourth-order valence-corrected chi connectivity index (χ4v) is 5.29. The number of aliphatic carboxylic acids is 2. The number of carboxylic acid groups (broad SMARTS) is 2. The summed E-state index contributed by atoms with van der Waals surface area (Å²) in [6, 6.07) is 0. The molecule has 0 heterocycles. The summed E-state index contributed by atoms with van der Waals surface area (Å²) in [5, 5.41) is 18.9. The van der Waals surface area contributed by atoms with E-state index in [1.807, 2.05) is 0 Å². The summed E-state index contributed by atoms with van der Waals surface area (Å²) in [4.78, 5) is 23.0. The number of rotatable bonds is 20. The molecule has 4 heteroatoms. The Morgan fingerprint density at radius 1 is 0.677 bits per heavy atom. The average Bonchev–Trinajstić information content (AvgIpc) is 2.64. The van der Waals surface area contributed by atoms with E-state index in [9.17, 15) is 14.7 Å². The lowest BCUT2D eigenvalue weighted by Crippen LogP contribution is -2.45. The quantitative estimate of drug-likeness (QED) is 0.187. The van der Waals surface area contributed by atoms with E-state index in [4.69, 9.17) is 5.11 Å². The fraction of sp³-hybridized carbons (Fsp3) is 0.926. The molecule has 0 spiro atoms. The zero-order valence-electron chi connectivity index (χ0n) is 21.4. The van der Waals surface area contributed by atoms with Gasteiger partial charge in [-0.1, -0.05) is 99.3 Å². The van der Waals surface area contributed by atoms with Crippen molar-refractivity contribution in [3.8, 4) is 0 Å². The van der Waals surface area contributed by atoms with E-state index in [-0.39, 0.29) is 11.8 Å². The van der Waals surface area contributed by atoms with Crippen molar-refractivity contribution in [3.63, 3.8) is 0 Å². The Balaban J connectivity index is 4.40. The molecule has 4 nitrogen and oxygen atoms in total. The summed E-state index contributed by atoms with van der Waals surface area (Å²) in [6.07, 6.45) is 14.6. The Morgan fingerprint density at radius 2 is 1.13 bits per heavy atom. The average molecular weight is 441 g/mol. The highest BCUT2D eigenvalue weighted by Crippen LogP contribution is 2.47. The lowest BCUT2D eigenvalue weighted by atomic mass is 9.60. The second-order valence-corrected chi connectivity index (χ2v) is 10.9. The summed E-state index contributed by atoms with van der Waals surface area (Å²) in [5.41, 5.74) is -0.612. The predicted molar refractivity (Wildman–Crippen MR) is 130 cm³/mol. The summed E-state index contributed by atoms with van der Waals surface area (Å²) < 4.78 is 0. The number of hydrogen-bond acceptors (Lipinski definition) is 2. The molecule has 184 valence electrons. The molecular weight excluding hydrogens is 388 g/mol. The van der Waals surface area contributed by atoms with Crippen LogP contribution in [0.1, 0.15) is 131 Å². The molecule has 0 saturated carbocycles. The lowest BCUT2D eigenvalue weighted by Gasteiger charge is -2.43. The predicted octanol–water partition coefficient (Wildman–Crippen LogP) is 8.19. The van der Waals surface area contributed by atoms with Crippen LogP contribution in [0.3, 0.4) is 0 Å². The van der Waals surface area contributed by atoms with Crippen molar-refractivity contribution in [2.75, 3.05) is 0 Å². The molecule has 0 saturated heterocycles. The molecule has 0 radical (unpaired) electrons. The molecule has 2 N–H and O–H groups in total. The van der Waals surface area contributed by atoms with Gasteiger partial charge in [0.25, 0.3) is 0 Å². The minimum atomic E-state index is -0.686. The fourth-order valence-electron chi connectivity index (χ4n) is 5.29. The van der Waals surface area contributed by atoms with Gasteiger partial charge in [-0.3, -0.25) is 9.59 Å². The van der Waals surface area contributed by atoms with E-state index in [1.54, 1.807) is 0 Å². The van der Waals surface area contributed by atoms with E-state index in [0.717, 1.165) is 44.9 Å². The molecule has 2 atom stereocenters. The number of hydrogen-bond donors (Lipinski definition) is 2.